The first-order chi connectivity index (χ1) is 19.6. The van der Waals surface area contributed by atoms with Crippen LogP contribution < -0.4 is 10.9 Å². The fraction of sp³-hybridized carbons (Fsp3) is 0.393. The van der Waals surface area contributed by atoms with E-state index in [1.165, 1.54) is 23.0 Å². The standard InChI is InChI=1S/C28H28F3N7O3/c1-15(11-41-2)32-10-18-8-23-24(34-18)26(40)38(14-33-23)27-35-21(16-3-4-16)9-22(36-27)19-6-5-17(29)7-20(19)25(39)37-12-28(30,31)13-37/h5-9,14-16,32,34H,3-4,10-13H2,1-2H3/t15-/m0/s1. The molecule has 1 amide bonds. The Kier molecular flexibility index (Phi) is 6.86. The first kappa shape index (κ1) is 27.1. The van der Waals surface area contributed by atoms with Crippen molar-refractivity contribution in [1.82, 2.24) is 34.7 Å². The molecule has 2 N–H and O–H groups in total. The summed E-state index contributed by atoms with van der Waals surface area (Å²) in [6.07, 6.45) is 3.14. The van der Waals surface area contributed by atoms with E-state index in [2.05, 4.69) is 25.3 Å². The quantitative estimate of drug-likeness (QED) is 0.318. The van der Waals surface area contributed by atoms with Gasteiger partial charge in [0.15, 0.2) is 0 Å². The number of hydrogen-bond acceptors (Lipinski definition) is 7. The second-order valence-electron chi connectivity index (χ2n) is 10.7. The van der Waals surface area contributed by atoms with Crippen molar-refractivity contribution in [3.63, 3.8) is 0 Å². The number of carbonyl (C=O) groups is 1. The summed E-state index contributed by atoms with van der Waals surface area (Å²) >= 11 is 0. The molecule has 0 unspecified atom stereocenters. The first-order valence-corrected chi connectivity index (χ1v) is 13.3. The lowest BCUT2D eigenvalue weighted by Crippen LogP contribution is -2.58. The van der Waals surface area contributed by atoms with E-state index in [1.54, 1.807) is 19.2 Å². The summed E-state index contributed by atoms with van der Waals surface area (Å²) in [5, 5.41) is 3.30. The second kappa shape index (κ2) is 10.4. The number of benzene rings is 1. The number of rotatable bonds is 9. The fourth-order valence-corrected chi connectivity index (χ4v) is 4.92. The van der Waals surface area contributed by atoms with Crippen molar-refractivity contribution in [1.29, 1.82) is 0 Å². The number of fused-ring (bicyclic) bond motifs is 1. The highest BCUT2D eigenvalue weighted by molar-refractivity contribution is 6.01. The SMILES string of the molecule is COC[C@H](C)NCc1cc2ncn(-c3nc(-c4ccc(F)cc4C(=O)N4CC(F)(F)C4)cc(C4CC4)n3)c(=O)c2[nH]1. The van der Waals surface area contributed by atoms with Crippen LogP contribution >= 0.6 is 0 Å². The van der Waals surface area contributed by atoms with Gasteiger partial charge >= 0.3 is 0 Å². The highest BCUT2D eigenvalue weighted by Crippen LogP contribution is 2.40. The van der Waals surface area contributed by atoms with Crippen molar-refractivity contribution in [3.05, 3.63) is 69.8 Å². The maximum Gasteiger partial charge on any atom is 0.284 e. The number of alkyl halides is 2. The van der Waals surface area contributed by atoms with Gasteiger partial charge in [0.1, 0.15) is 17.7 Å². The number of likely N-dealkylation sites (tertiary alicyclic amines) is 1. The van der Waals surface area contributed by atoms with Gasteiger partial charge in [-0.25, -0.2) is 32.7 Å². The number of H-pyrrole nitrogens is 1. The highest BCUT2D eigenvalue weighted by atomic mass is 19.3. The van der Waals surface area contributed by atoms with Crippen LogP contribution in [0.1, 0.15) is 47.4 Å². The average molecular weight is 568 g/mol. The Morgan fingerprint density at radius 2 is 2.00 bits per heavy atom. The molecule has 0 radical (unpaired) electrons. The normalized spacial score (nSPS) is 17.0. The Morgan fingerprint density at radius 3 is 2.71 bits per heavy atom. The molecule has 1 aliphatic heterocycles. The van der Waals surface area contributed by atoms with Gasteiger partial charge in [-0.05, 0) is 50.1 Å². The van der Waals surface area contributed by atoms with Crippen LogP contribution in [-0.2, 0) is 11.3 Å². The topological polar surface area (TPSA) is 118 Å². The Balaban J connectivity index is 1.39. The van der Waals surface area contributed by atoms with Gasteiger partial charge in [-0.15, -0.1) is 0 Å². The summed E-state index contributed by atoms with van der Waals surface area (Å²) in [6, 6.07) is 7.19. The maximum absolute atomic E-state index is 14.2. The number of ether oxygens (including phenoxy) is 1. The van der Waals surface area contributed by atoms with E-state index in [4.69, 9.17) is 4.74 Å². The van der Waals surface area contributed by atoms with Gasteiger partial charge in [-0.1, -0.05) is 0 Å². The molecule has 1 saturated carbocycles. The first-order valence-electron chi connectivity index (χ1n) is 13.3. The zero-order valence-corrected chi connectivity index (χ0v) is 22.5. The Labute approximate surface area is 232 Å². The minimum Gasteiger partial charge on any atom is -0.383 e. The molecule has 0 spiro atoms. The Hall–Kier alpha value is -4.10. The van der Waals surface area contributed by atoms with Gasteiger partial charge in [-0.3, -0.25) is 9.59 Å². The third kappa shape index (κ3) is 5.46. The van der Waals surface area contributed by atoms with E-state index in [9.17, 15) is 22.8 Å². The zero-order valence-electron chi connectivity index (χ0n) is 22.5. The number of nitrogens with one attached hydrogen (secondary N) is 2. The van der Waals surface area contributed by atoms with Crippen molar-refractivity contribution in [2.45, 2.75) is 44.2 Å². The number of amides is 1. The molecule has 0 bridgehead atoms. The van der Waals surface area contributed by atoms with Crippen LogP contribution in [0.4, 0.5) is 13.2 Å². The molecule has 3 aromatic heterocycles. The molecular weight excluding hydrogens is 539 g/mol. The highest BCUT2D eigenvalue weighted by Gasteiger charge is 2.46. The fourth-order valence-electron chi connectivity index (χ4n) is 4.92. The third-order valence-electron chi connectivity index (χ3n) is 7.22. The van der Waals surface area contributed by atoms with Crippen LogP contribution in [0.25, 0.3) is 28.2 Å². The number of hydrogen-bond donors (Lipinski definition) is 2. The molecule has 10 nitrogen and oxygen atoms in total. The van der Waals surface area contributed by atoms with Crippen molar-refractivity contribution in [2.75, 3.05) is 26.8 Å². The number of carbonyl (C=O) groups excluding carboxylic acids is 1. The second-order valence-corrected chi connectivity index (χ2v) is 10.7. The average Bonchev–Trinajstić information content (AvgIpc) is 3.69. The number of methoxy groups -OCH3 is 1. The summed E-state index contributed by atoms with van der Waals surface area (Å²) in [4.78, 5) is 44.3. The zero-order chi connectivity index (χ0) is 28.9. The monoisotopic (exact) mass is 567 g/mol. The summed E-state index contributed by atoms with van der Waals surface area (Å²) in [5.41, 5.74) is 2.24. The summed E-state index contributed by atoms with van der Waals surface area (Å²) in [7, 11) is 1.63. The number of aromatic amines is 1. The van der Waals surface area contributed by atoms with Gasteiger partial charge in [0.2, 0.25) is 5.95 Å². The Morgan fingerprint density at radius 1 is 1.22 bits per heavy atom. The lowest BCUT2D eigenvalue weighted by molar-refractivity contribution is -0.113. The molecule has 1 aliphatic carbocycles. The summed E-state index contributed by atoms with van der Waals surface area (Å²) in [5.74, 6) is -4.17. The third-order valence-corrected chi connectivity index (χ3v) is 7.22. The summed E-state index contributed by atoms with van der Waals surface area (Å²) < 4.78 is 47.6. The molecule has 13 heteroatoms. The molecule has 6 rings (SSSR count). The molecular formula is C28H28F3N7O3. The number of nitrogens with zero attached hydrogens (tertiary/aromatic N) is 5. The van der Waals surface area contributed by atoms with Gasteiger partial charge in [0.05, 0.1) is 36.5 Å². The van der Waals surface area contributed by atoms with E-state index in [1.807, 2.05) is 6.92 Å². The predicted octanol–water partition coefficient (Wildman–Crippen LogP) is 3.40. The smallest absolute Gasteiger partial charge is 0.284 e. The van der Waals surface area contributed by atoms with Crippen LogP contribution in [0.15, 0.2) is 41.5 Å². The molecule has 2 aliphatic rings. The minimum absolute atomic E-state index is 0.0463. The Bertz CT molecular complexity index is 1690. The van der Waals surface area contributed by atoms with Crippen LogP contribution in [0.2, 0.25) is 0 Å². The van der Waals surface area contributed by atoms with Crippen LogP contribution in [0.5, 0.6) is 0 Å². The largest absolute Gasteiger partial charge is 0.383 e. The van der Waals surface area contributed by atoms with Crippen molar-refractivity contribution in [2.24, 2.45) is 0 Å². The van der Waals surface area contributed by atoms with Crippen molar-refractivity contribution >= 4 is 16.9 Å². The van der Waals surface area contributed by atoms with E-state index in [0.29, 0.717) is 24.4 Å². The lowest BCUT2D eigenvalue weighted by Gasteiger charge is -2.38. The maximum atomic E-state index is 14.2. The van der Waals surface area contributed by atoms with Gasteiger partial charge in [0.25, 0.3) is 17.4 Å². The molecule has 1 saturated heterocycles. The van der Waals surface area contributed by atoms with Gasteiger partial charge in [0, 0.05) is 42.6 Å². The molecule has 2 fully saturated rings. The van der Waals surface area contributed by atoms with E-state index in [0.717, 1.165) is 29.5 Å². The van der Waals surface area contributed by atoms with E-state index < -0.39 is 36.3 Å². The van der Waals surface area contributed by atoms with Crippen molar-refractivity contribution < 1.29 is 22.7 Å². The molecule has 41 heavy (non-hydrogen) atoms. The minimum atomic E-state index is -2.97. The summed E-state index contributed by atoms with van der Waals surface area (Å²) in [6.45, 7) is 1.53. The van der Waals surface area contributed by atoms with Crippen LogP contribution in [0, 0.1) is 5.82 Å². The molecule has 214 valence electrons. The van der Waals surface area contributed by atoms with Crippen LogP contribution in [-0.4, -0.2) is 74.1 Å². The van der Waals surface area contributed by atoms with Crippen LogP contribution in [0.3, 0.4) is 0 Å². The molecule has 4 heterocycles. The van der Waals surface area contributed by atoms with E-state index >= 15 is 0 Å². The molecule has 1 atom stereocenters. The molecule has 4 aromatic rings. The van der Waals surface area contributed by atoms with Gasteiger partial charge < -0.3 is 19.9 Å². The lowest BCUT2D eigenvalue weighted by atomic mass is 10.00. The van der Waals surface area contributed by atoms with Gasteiger partial charge in [-0.2, -0.15) is 0 Å². The predicted molar refractivity (Wildman–Crippen MR) is 144 cm³/mol. The van der Waals surface area contributed by atoms with E-state index in [-0.39, 0.29) is 40.2 Å². The van der Waals surface area contributed by atoms with Crippen molar-refractivity contribution in [3.8, 4) is 17.2 Å². The number of aromatic nitrogens is 5. The number of halogens is 3. The molecule has 1 aromatic carbocycles.